The van der Waals surface area contributed by atoms with Crippen LogP contribution in [0.3, 0.4) is 0 Å². The van der Waals surface area contributed by atoms with Gasteiger partial charge in [0.15, 0.2) is 0 Å². The summed E-state index contributed by atoms with van der Waals surface area (Å²) >= 11 is 0. The summed E-state index contributed by atoms with van der Waals surface area (Å²) in [4.78, 5) is 5.17. The van der Waals surface area contributed by atoms with Gasteiger partial charge in [-0.1, -0.05) is 197 Å². The van der Waals surface area contributed by atoms with Gasteiger partial charge in [0.2, 0.25) is 0 Å². The highest BCUT2D eigenvalue weighted by molar-refractivity contribution is 7.00. The van der Waals surface area contributed by atoms with Crippen LogP contribution in [0.4, 0.5) is 34.1 Å². The van der Waals surface area contributed by atoms with Crippen LogP contribution in [0.1, 0.15) is 104 Å². The largest absolute Gasteiger partial charge is 0.311 e. The predicted molar refractivity (Wildman–Crippen MR) is 285 cm³/mol. The lowest BCUT2D eigenvalue weighted by atomic mass is 9.33. The molecule has 0 atom stereocenters. The zero-order chi connectivity index (χ0) is 46.1. The van der Waals surface area contributed by atoms with Gasteiger partial charge in [-0.3, -0.25) is 0 Å². The monoisotopic (exact) mass is 856 g/mol. The predicted octanol–water partition coefficient (Wildman–Crippen LogP) is 15.3. The van der Waals surface area contributed by atoms with Crippen LogP contribution in [0.2, 0.25) is 0 Å². The molecule has 2 heterocycles. The first-order valence-corrected chi connectivity index (χ1v) is 24.0. The Hall–Kier alpha value is -6.58. The first kappa shape index (κ1) is 42.1. The van der Waals surface area contributed by atoms with E-state index < -0.39 is 0 Å². The van der Waals surface area contributed by atoms with Crippen LogP contribution in [-0.2, 0) is 21.7 Å². The van der Waals surface area contributed by atoms with Gasteiger partial charge in [0.05, 0.1) is 0 Å². The van der Waals surface area contributed by atoms with Gasteiger partial charge < -0.3 is 9.80 Å². The van der Waals surface area contributed by atoms with Crippen molar-refractivity contribution in [2.75, 3.05) is 9.80 Å². The van der Waals surface area contributed by atoms with E-state index in [0.717, 1.165) is 5.69 Å². The maximum Gasteiger partial charge on any atom is 0.252 e. The Bertz CT molecular complexity index is 3230. The lowest BCUT2D eigenvalue weighted by molar-refractivity contribution is 0.590. The van der Waals surface area contributed by atoms with Crippen LogP contribution in [-0.4, -0.2) is 6.71 Å². The smallest absolute Gasteiger partial charge is 0.252 e. The summed E-state index contributed by atoms with van der Waals surface area (Å²) in [6.45, 7) is 25.7. The SMILES string of the molecule is CC(C)(C)c1ccc(N2c3ccc(C(C)(C)C)cc3B3c4ccc(C(C)(C)C)cc4N(c4cccc(-c5cccc6c5-c5ccccc5C6(C)C)c4)c4cc(-c5ccccc5)cc2c43)cc1. The molecule has 0 spiro atoms. The van der Waals surface area contributed by atoms with Crippen molar-refractivity contribution in [3.05, 3.63) is 198 Å². The van der Waals surface area contributed by atoms with E-state index in [9.17, 15) is 0 Å². The van der Waals surface area contributed by atoms with Gasteiger partial charge in [0.25, 0.3) is 6.71 Å². The van der Waals surface area contributed by atoms with Crippen LogP contribution in [0.25, 0.3) is 33.4 Å². The lowest BCUT2D eigenvalue weighted by Crippen LogP contribution is -2.61. The fraction of sp³-hybridized carbons (Fsp3) is 0.238. The minimum Gasteiger partial charge on any atom is -0.311 e. The molecule has 0 saturated heterocycles. The Kier molecular flexibility index (Phi) is 9.38. The third-order valence-electron chi connectivity index (χ3n) is 14.9. The average Bonchev–Trinajstić information content (AvgIpc) is 3.53. The molecule has 0 bridgehead atoms. The van der Waals surface area contributed by atoms with Gasteiger partial charge in [-0.2, -0.15) is 0 Å². The second-order valence-corrected chi connectivity index (χ2v) is 22.7. The van der Waals surface area contributed by atoms with Crippen molar-refractivity contribution in [1.29, 1.82) is 0 Å². The number of anilines is 6. The summed E-state index contributed by atoms with van der Waals surface area (Å²) in [6, 6.07) is 65.3. The molecule has 2 nitrogen and oxygen atoms in total. The van der Waals surface area contributed by atoms with Crippen molar-refractivity contribution in [2.24, 2.45) is 0 Å². The number of hydrogen-bond donors (Lipinski definition) is 0. The van der Waals surface area contributed by atoms with Crippen molar-refractivity contribution in [3.63, 3.8) is 0 Å². The van der Waals surface area contributed by atoms with Crippen molar-refractivity contribution >= 4 is 57.2 Å². The third-order valence-corrected chi connectivity index (χ3v) is 14.9. The molecule has 1 aliphatic carbocycles. The highest BCUT2D eigenvalue weighted by Crippen LogP contribution is 2.53. The van der Waals surface area contributed by atoms with Crippen LogP contribution in [0.15, 0.2) is 170 Å². The van der Waals surface area contributed by atoms with E-state index in [1.54, 1.807) is 0 Å². The maximum atomic E-state index is 2.61. The Morgan fingerprint density at radius 2 is 0.939 bits per heavy atom. The van der Waals surface area contributed by atoms with E-state index in [0.29, 0.717) is 0 Å². The Morgan fingerprint density at radius 3 is 1.64 bits per heavy atom. The molecule has 11 rings (SSSR count). The Morgan fingerprint density at radius 1 is 0.379 bits per heavy atom. The Labute approximate surface area is 394 Å². The highest BCUT2D eigenvalue weighted by Gasteiger charge is 2.45. The Balaban J connectivity index is 1.22. The van der Waals surface area contributed by atoms with Crippen molar-refractivity contribution < 1.29 is 0 Å². The highest BCUT2D eigenvalue weighted by atomic mass is 15.2. The van der Waals surface area contributed by atoms with E-state index >= 15 is 0 Å². The fourth-order valence-electron chi connectivity index (χ4n) is 11.2. The molecule has 2 aliphatic heterocycles. The first-order chi connectivity index (χ1) is 31.4. The van der Waals surface area contributed by atoms with Crippen LogP contribution >= 0.6 is 0 Å². The second-order valence-electron chi connectivity index (χ2n) is 22.7. The molecule has 0 unspecified atom stereocenters. The van der Waals surface area contributed by atoms with Gasteiger partial charge >= 0.3 is 0 Å². The van der Waals surface area contributed by atoms with Crippen molar-refractivity contribution in [3.8, 4) is 33.4 Å². The molecule has 8 aromatic carbocycles. The van der Waals surface area contributed by atoms with Gasteiger partial charge in [-0.25, -0.2) is 0 Å². The zero-order valence-electron chi connectivity index (χ0n) is 40.6. The maximum absolute atomic E-state index is 2.61. The summed E-state index contributed by atoms with van der Waals surface area (Å²) < 4.78 is 0. The number of fused-ring (bicyclic) bond motifs is 7. The molecule has 66 heavy (non-hydrogen) atoms. The molecule has 0 N–H and O–H groups in total. The lowest BCUT2D eigenvalue weighted by Gasteiger charge is -2.45. The summed E-state index contributed by atoms with van der Waals surface area (Å²) in [5.74, 6) is 0. The van der Waals surface area contributed by atoms with E-state index in [-0.39, 0.29) is 28.4 Å². The van der Waals surface area contributed by atoms with E-state index in [1.807, 2.05) is 0 Å². The van der Waals surface area contributed by atoms with Crippen molar-refractivity contribution in [1.82, 2.24) is 0 Å². The van der Waals surface area contributed by atoms with Gasteiger partial charge in [-0.05, 0) is 142 Å². The van der Waals surface area contributed by atoms with E-state index in [1.165, 1.54) is 106 Å². The third kappa shape index (κ3) is 6.60. The average molecular weight is 857 g/mol. The van der Waals surface area contributed by atoms with Crippen LogP contribution in [0, 0.1) is 0 Å². The number of rotatable bonds is 4. The normalized spacial score (nSPS) is 14.6. The second kappa shape index (κ2) is 14.7. The molecular formula is C63H61BN2. The quantitative estimate of drug-likeness (QED) is 0.163. The summed E-state index contributed by atoms with van der Waals surface area (Å²) in [7, 11) is 0. The molecule has 0 saturated carbocycles. The number of hydrogen-bond acceptors (Lipinski definition) is 2. The topological polar surface area (TPSA) is 6.48 Å². The molecule has 3 heteroatoms. The zero-order valence-corrected chi connectivity index (χ0v) is 40.6. The summed E-state index contributed by atoms with van der Waals surface area (Å²) in [5.41, 5.74) is 25.5. The number of benzene rings is 8. The summed E-state index contributed by atoms with van der Waals surface area (Å²) in [5, 5.41) is 0. The van der Waals surface area contributed by atoms with Crippen molar-refractivity contribution in [2.45, 2.75) is 97.8 Å². The minimum absolute atomic E-state index is 0.0156. The van der Waals surface area contributed by atoms with E-state index in [2.05, 4.69) is 256 Å². The molecule has 0 radical (unpaired) electrons. The molecule has 0 aromatic heterocycles. The molecule has 3 aliphatic rings. The minimum atomic E-state index is -0.0806. The van der Waals surface area contributed by atoms with Gasteiger partial charge in [-0.15, -0.1) is 0 Å². The standard InChI is InChI=1S/C63H61BN2/c1-60(2,3)43-27-31-46(32-28-43)65-54-34-30-44(61(4,5)6)38-53(54)64-52-33-29-45(62(7,8)9)39-55(52)66(57-37-42(36-56(65)59(57)64)40-19-13-12-14-20-40)47-22-17-21-41(35-47)48-24-18-26-51-58(48)49-23-15-16-25-50(49)63(51,10)11/h12-39H,1-11H3. The number of nitrogens with zero attached hydrogens (tertiary/aromatic N) is 2. The van der Waals surface area contributed by atoms with Gasteiger partial charge in [0.1, 0.15) is 0 Å². The fourth-order valence-corrected chi connectivity index (χ4v) is 11.2. The molecule has 8 aromatic rings. The molecule has 0 fully saturated rings. The molecule has 326 valence electrons. The van der Waals surface area contributed by atoms with Gasteiger partial charge in [0, 0.05) is 39.5 Å². The van der Waals surface area contributed by atoms with E-state index in [4.69, 9.17) is 0 Å². The van der Waals surface area contributed by atoms with Crippen LogP contribution < -0.4 is 26.2 Å². The summed E-state index contributed by atoms with van der Waals surface area (Å²) in [6.07, 6.45) is 0. The van der Waals surface area contributed by atoms with Crippen LogP contribution in [0.5, 0.6) is 0 Å². The molecule has 0 amide bonds. The molecular weight excluding hydrogens is 796 g/mol. The first-order valence-electron chi connectivity index (χ1n) is 24.0.